The van der Waals surface area contributed by atoms with E-state index in [0.717, 1.165) is 40.1 Å². The molecule has 1 aliphatic rings. The maximum atomic E-state index is 11.9. The predicted molar refractivity (Wildman–Crippen MR) is 96.7 cm³/mol. The number of nitrogens with one attached hydrogen (secondary N) is 1. The number of nitrogens with zero attached hydrogens (tertiary/aromatic N) is 2. The van der Waals surface area contributed by atoms with Gasteiger partial charge in [-0.3, -0.25) is 9.78 Å². The molecule has 1 aromatic carbocycles. The van der Waals surface area contributed by atoms with E-state index in [1.165, 1.54) is 0 Å². The number of hydrogen-bond acceptors (Lipinski definition) is 5. The topological polar surface area (TPSA) is 77.1 Å². The molecule has 0 atom stereocenters. The predicted octanol–water partition coefficient (Wildman–Crippen LogP) is 3.56. The van der Waals surface area contributed by atoms with Crippen LogP contribution in [0.1, 0.15) is 34.5 Å². The van der Waals surface area contributed by atoms with Crippen LogP contribution in [-0.2, 0) is 15.9 Å². The number of aromatic nitrogens is 3. The van der Waals surface area contributed by atoms with Gasteiger partial charge in [0.15, 0.2) is 11.6 Å². The molecule has 132 valence electrons. The third kappa shape index (κ3) is 2.83. The van der Waals surface area contributed by atoms with Crippen LogP contribution in [0.2, 0.25) is 0 Å². The van der Waals surface area contributed by atoms with Gasteiger partial charge >= 0.3 is 0 Å². The lowest BCUT2D eigenvalue weighted by Crippen LogP contribution is -2.05. The second kappa shape index (κ2) is 6.82. The normalized spacial score (nSPS) is 13.4. The molecule has 3 aromatic rings. The van der Waals surface area contributed by atoms with E-state index in [1.807, 2.05) is 24.3 Å². The van der Waals surface area contributed by atoms with E-state index in [4.69, 9.17) is 14.5 Å². The quantitative estimate of drug-likeness (QED) is 0.713. The fraction of sp³-hybridized carbons (Fsp3) is 0.250. The first-order chi connectivity index (χ1) is 12.7. The highest BCUT2D eigenvalue weighted by molar-refractivity contribution is 6.01. The molecule has 1 N–H and O–H groups in total. The summed E-state index contributed by atoms with van der Waals surface area (Å²) in [4.78, 5) is 24.0. The molecule has 2 aromatic heterocycles. The molecule has 4 rings (SSSR count). The van der Waals surface area contributed by atoms with Crippen LogP contribution in [0.15, 0.2) is 42.7 Å². The molecule has 0 saturated heterocycles. The van der Waals surface area contributed by atoms with Gasteiger partial charge in [-0.05, 0) is 30.2 Å². The zero-order valence-electron chi connectivity index (χ0n) is 14.7. The summed E-state index contributed by atoms with van der Waals surface area (Å²) in [5.41, 5.74) is 5.49. The second-order valence-corrected chi connectivity index (χ2v) is 6.18. The van der Waals surface area contributed by atoms with Crippen LogP contribution in [0.25, 0.3) is 22.5 Å². The van der Waals surface area contributed by atoms with Gasteiger partial charge in [0, 0.05) is 49.7 Å². The summed E-state index contributed by atoms with van der Waals surface area (Å²) >= 11 is 0. The van der Waals surface area contributed by atoms with Crippen molar-refractivity contribution in [3.05, 3.63) is 59.7 Å². The molecule has 0 fully saturated rings. The monoisotopic (exact) mass is 349 g/mol. The zero-order valence-corrected chi connectivity index (χ0v) is 14.7. The molecule has 0 radical (unpaired) electrons. The van der Waals surface area contributed by atoms with Crippen LogP contribution < -0.4 is 0 Å². The average molecular weight is 349 g/mol. The largest absolute Gasteiger partial charge is 0.349 e. The Morgan fingerprint density at radius 3 is 2.54 bits per heavy atom. The van der Waals surface area contributed by atoms with Gasteiger partial charge in [-0.1, -0.05) is 12.1 Å². The minimum absolute atomic E-state index is 0.211. The molecule has 1 aliphatic carbocycles. The molecule has 26 heavy (non-hydrogen) atoms. The molecule has 6 heteroatoms. The van der Waals surface area contributed by atoms with E-state index in [9.17, 15) is 4.79 Å². The van der Waals surface area contributed by atoms with E-state index >= 15 is 0 Å². The third-order valence-corrected chi connectivity index (χ3v) is 4.64. The van der Waals surface area contributed by atoms with E-state index in [2.05, 4.69) is 16.0 Å². The zero-order chi connectivity index (χ0) is 18.1. The molecule has 6 nitrogen and oxygen atoms in total. The van der Waals surface area contributed by atoms with Crippen molar-refractivity contribution in [2.45, 2.75) is 19.1 Å². The number of benzene rings is 1. The lowest BCUT2D eigenvalue weighted by molar-refractivity contribution is -0.111. The van der Waals surface area contributed by atoms with E-state index in [0.29, 0.717) is 12.2 Å². The number of carbonyl (C=O) groups is 1. The SMILES string of the molecule is COC(OC)c1nc(-c2ccc3c(c2)CCC3=O)c(-c2ccncc2)[nH]1. The Bertz CT molecular complexity index is 946. The number of carbonyl (C=O) groups excluding carboxylic acids is 1. The summed E-state index contributed by atoms with van der Waals surface area (Å²) in [5.74, 6) is 0.802. The third-order valence-electron chi connectivity index (χ3n) is 4.64. The van der Waals surface area contributed by atoms with Crippen LogP contribution in [0.4, 0.5) is 0 Å². The second-order valence-electron chi connectivity index (χ2n) is 6.18. The highest BCUT2D eigenvalue weighted by atomic mass is 16.7. The molecule has 2 heterocycles. The summed E-state index contributed by atoms with van der Waals surface area (Å²) in [6.07, 6.45) is 4.26. The lowest BCUT2D eigenvalue weighted by Gasteiger charge is -2.09. The molecule has 0 bridgehead atoms. The molecule has 0 spiro atoms. The minimum Gasteiger partial charge on any atom is -0.349 e. The molecular formula is C20H19N3O3. The van der Waals surface area contributed by atoms with Crippen LogP contribution >= 0.6 is 0 Å². The van der Waals surface area contributed by atoms with Crippen molar-refractivity contribution in [2.75, 3.05) is 14.2 Å². The summed E-state index contributed by atoms with van der Waals surface area (Å²) in [6, 6.07) is 9.74. The molecule has 0 amide bonds. The summed E-state index contributed by atoms with van der Waals surface area (Å²) in [5, 5.41) is 0. The molecule has 0 aliphatic heterocycles. The van der Waals surface area contributed by atoms with Crippen molar-refractivity contribution in [2.24, 2.45) is 0 Å². The van der Waals surface area contributed by atoms with Crippen LogP contribution in [-0.4, -0.2) is 35.0 Å². The van der Waals surface area contributed by atoms with Gasteiger partial charge in [0.05, 0.1) is 11.4 Å². The fourth-order valence-electron chi connectivity index (χ4n) is 3.36. The van der Waals surface area contributed by atoms with Gasteiger partial charge in [0.25, 0.3) is 0 Å². The van der Waals surface area contributed by atoms with Crippen molar-refractivity contribution < 1.29 is 14.3 Å². The number of rotatable bonds is 5. The van der Waals surface area contributed by atoms with Crippen LogP contribution in [0.3, 0.4) is 0 Å². The van der Waals surface area contributed by atoms with Gasteiger partial charge < -0.3 is 14.5 Å². The smallest absolute Gasteiger partial charge is 0.216 e. The van der Waals surface area contributed by atoms with Gasteiger partial charge in [-0.15, -0.1) is 0 Å². The highest BCUT2D eigenvalue weighted by Gasteiger charge is 2.23. The first kappa shape index (κ1) is 16.6. The van der Waals surface area contributed by atoms with Crippen molar-refractivity contribution in [1.82, 2.24) is 15.0 Å². The average Bonchev–Trinajstić information content (AvgIpc) is 3.28. The Morgan fingerprint density at radius 1 is 1.04 bits per heavy atom. The van der Waals surface area contributed by atoms with Crippen molar-refractivity contribution in [1.29, 1.82) is 0 Å². The van der Waals surface area contributed by atoms with Gasteiger partial charge in [0.2, 0.25) is 6.29 Å². The Kier molecular flexibility index (Phi) is 4.36. The summed E-state index contributed by atoms with van der Waals surface area (Å²) < 4.78 is 10.7. The van der Waals surface area contributed by atoms with Gasteiger partial charge in [-0.25, -0.2) is 4.98 Å². The number of imidazole rings is 1. The van der Waals surface area contributed by atoms with E-state index in [1.54, 1.807) is 26.6 Å². The Balaban J connectivity index is 1.86. The van der Waals surface area contributed by atoms with Gasteiger partial charge in [-0.2, -0.15) is 0 Å². The number of aryl methyl sites for hydroxylation is 1. The Labute approximate surface area is 151 Å². The highest BCUT2D eigenvalue weighted by Crippen LogP contribution is 2.34. The number of ketones is 1. The maximum absolute atomic E-state index is 11.9. The molecular weight excluding hydrogens is 330 g/mol. The number of hydrogen-bond donors (Lipinski definition) is 1. The Morgan fingerprint density at radius 2 is 1.81 bits per heavy atom. The number of pyridine rings is 1. The number of fused-ring (bicyclic) bond motifs is 1. The van der Waals surface area contributed by atoms with Gasteiger partial charge in [0.1, 0.15) is 0 Å². The summed E-state index contributed by atoms with van der Waals surface area (Å²) in [7, 11) is 3.15. The van der Waals surface area contributed by atoms with Crippen molar-refractivity contribution in [3.63, 3.8) is 0 Å². The number of aromatic amines is 1. The molecule has 0 unspecified atom stereocenters. The number of methoxy groups -OCH3 is 2. The van der Waals surface area contributed by atoms with Crippen LogP contribution in [0.5, 0.6) is 0 Å². The number of H-pyrrole nitrogens is 1. The van der Waals surface area contributed by atoms with E-state index in [-0.39, 0.29) is 5.78 Å². The van der Waals surface area contributed by atoms with Crippen LogP contribution in [0, 0.1) is 0 Å². The summed E-state index contributed by atoms with van der Waals surface area (Å²) in [6.45, 7) is 0. The van der Waals surface area contributed by atoms with E-state index < -0.39 is 6.29 Å². The van der Waals surface area contributed by atoms with Crippen molar-refractivity contribution in [3.8, 4) is 22.5 Å². The number of ether oxygens (including phenoxy) is 2. The molecule has 0 saturated carbocycles. The fourth-order valence-corrected chi connectivity index (χ4v) is 3.36. The Hall–Kier alpha value is -2.83. The lowest BCUT2D eigenvalue weighted by atomic mass is 10.0. The maximum Gasteiger partial charge on any atom is 0.216 e. The first-order valence-corrected chi connectivity index (χ1v) is 8.43. The number of Topliss-reactive ketones (excluding diaryl/α,β-unsaturated/α-hetero) is 1. The first-order valence-electron chi connectivity index (χ1n) is 8.43. The minimum atomic E-state index is -0.583. The standard InChI is InChI=1S/C20H19N3O3/c1-25-20(26-2)19-22-17(12-7-9-21-10-8-12)18(23-19)14-3-5-15-13(11-14)4-6-16(15)24/h3,5,7-11,20H,4,6H2,1-2H3,(H,22,23). The van der Waals surface area contributed by atoms with Crippen molar-refractivity contribution >= 4 is 5.78 Å².